The van der Waals surface area contributed by atoms with Gasteiger partial charge in [0.1, 0.15) is 23.8 Å². The molecule has 3 aromatic carbocycles. The molecule has 0 spiro atoms. The van der Waals surface area contributed by atoms with Crippen LogP contribution >= 0.6 is 23.4 Å². The van der Waals surface area contributed by atoms with Crippen LogP contribution in [0.5, 0.6) is 5.75 Å². The Balaban J connectivity index is 0.701. The number of piperazine rings is 1. The number of amides is 6. The highest BCUT2D eigenvalue weighted by Gasteiger charge is 2.42. The Morgan fingerprint density at radius 3 is 2.05 bits per heavy atom. The fourth-order valence-corrected chi connectivity index (χ4v) is 12.4. The number of nitrogen functional groups attached to an aromatic ring is 1. The number of nitrogens with two attached hydrogens (primary N) is 1. The summed E-state index contributed by atoms with van der Waals surface area (Å²) in [7, 11) is 1.71. The number of nitrogens with one attached hydrogen (secondary N) is 3. The Morgan fingerprint density at radius 2 is 1.40 bits per heavy atom. The number of ether oxygens (including phenoxy) is 1. The highest BCUT2D eigenvalue weighted by molar-refractivity contribution is 8.14. The van der Waals surface area contributed by atoms with E-state index >= 15 is 0 Å². The van der Waals surface area contributed by atoms with Crippen molar-refractivity contribution in [2.24, 2.45) is 10.9 Å². The number of nitrogens with zero attached hydrogens (tertiary/aromatic N) is 6. The molecule has 3 fully saturated rings. The summed E-state index contributed by atoms with van der Waals surface area (Å²) in [5, 5.41) is 9.41. The minimum Gasteiger partial charge on any atom is -0.482 e. The van der Waals surface area contributed by atoms with Crippen LogP contribution in [0.2, 0.25) is 5.02 Å². The summed E-state index contributed by atoms with van der Waals surface area (Å²) < 4.78 is 48.4. The van der Waals surface area contributed by atoms with E-state index in [9.17, 15) is 41.9 Å². The Labute approximate surface area is 492 Å². The molecule has 4 aliphatic rings. The third-order valence-electron chi connectivity index (χ3n) is 16.1. The van der Waals surface area contributed by atoms with Crippen LogP contribution in [0.25, 0.3) is 5.57 Å². The van der Waals surface area contributed by atoms with E-state index in [4.69, 9.17) is 27.1 Å². The lowest BCUT2D eigenvalue weighted by atomic mass is 9.87. The van der Waals surface area contributed by atoms with Gasteiger partial charge in [-0.05, 0) is 131 Å². The van der Waals surface area contributed by atoms with Crippen molar-refractivity contribution in [2.45, 2.75) is 121 Å². The van der Waals surface area contributed by atoms with E-state index < -0.39 is 41.3 Å². The number of piperidine rings is 1. The number of anilines is 2. The molecule has 1 unspecified atom stereocenters. The molecule has 1 aromatic heterocycles. The number of hydrogen-bond acceptors (Lipinski definition) is 12. The molecule has 4 aliphatic heterocycles. The SMILES string of the molecule is C=C(c1ccc(F)cc1)C1CSC([C@H]2CCCN2C(=O)[C@H](NC(=O)[C@@H](C)NC)C2CCN(C(=O)CCCCCCCCC(=O)N3CCN(C(=O)c4ccc(NC(=O)c5cnc(N)c(O[C@H](C)c6c(F)ccc(Cl)c6F)c5)cc4)CC3)CC2)=N1. The third kappa shape index (κ3) is 15.8. The summed E-state index contributed by atoms with van der Waals surface area (Å²) in [6.45, 7) is 10.6. The number of unbranched alkanes of at least 4 members (excludes halogenated alkanes) is 5. The number of hydrogen-bond donors (Lipinski definition) is 4. The minimum atomic E-state index is -1.16. The van der Waals surface area contributed by atoms with E-state index in [0.717, 1.165) is 79.7 Å². The van der Waals surface area contributed by atoms with Gasteiger partial charge >= 0.3 is 0 Å². The van der Waals surface area contributed by atoms with Crippen LogP contribution in [0.15, 0.2) is 84.5 Å². The van der Waals surface area contributed by atoms with E-state index in [1.165, 1.54) is 31.3 Å². The Bertz CT molecular complexity index is 3030. The highest BCUT2D eigenvalue weighted by Crippen LogP contribution is 2.36. The van der Waals surface area contributed by atoms with E-state index in [-0.39, 0.29) is 75.5 Å². The van der Waals surface area contributed by atoms with Crippen LogP contribution in [0, 0.1) is 23.4 Å². The van der Waals surface area contributed by atoms with Crippen molar-refractivity contribution < 1.29 is 46.7 Å². The van der Waals surface area contributed by atoms with Crippen LogP contribution < -0.4 is 26.4 Å². The fraction of sp³-hybridized carbons (Fsp3) is 0.475. The lowest BCUT2D eigenvalue weighted by molar-refractivity contribution is -0.139. The monoisotopic (exact) mass is 1180 g/mol. The molecule has 444 valence electrons. The maximum absolute atomic E-state index is 14.6. The van der Waals surface area contributed by atoms with Gasteiger partial charge < -0.3 is 46.0 Å². The number of thioether (sulfide) groups is 1. The Morgan fingerprint density at radius 1 is 0.783 bits per heavy atom. The molecule has 6 amide bonds. The molecule has 8 rings (SSSR count). The van der Waals surface area contributed by atoms with Crippen LogP contribution in [0.1, 0.15) is 129 Å². The minimum absolute atomic E-state index is 0.0600. The molecule has 0 radical (unpaired) electrons. The number of benzene rings is 3. The lowest BCUT2D eigenvalue weighted by Gasteiger charge is -2.38. The number of pyridine rings is 1. The number of aromatic nitrogens is 1. The molecule has 5 heterocycles. The van der Waals surface area contributed by atoms with Gasteiger partial charge in [-0.1, -0.05) is 56.0 Å². The normalized spacial score (nSPS) is 18.5. The first kappa shape index (κ1) is 62.1. The Hall–Kier alpha value is -6.97. The molecular weight excluding hydrogens is 1110 g/mol. The maximum Gasteiger partial charge on any atom is 0.257 e. The number of carbonyl (C=O) groups is 6. The molecule has 4 aromatic rings. The summed E-state index contributed by atoms with van der Waals surface area (Å²) in [5.41, 5.74) is 8.07. The number of likely N-dealkylation sites (tertiary alicyclic amines) is 2. The van der Waals surface area contributed by atoms with Crippen molar-refractivity contribution in [3.8, 4) is 5.75 Å². The van der Waals surface area contributed by atoms with Gasteiger partial charge in [-0.25, -0.2) is 18.2 Å². The lowest BCUT2D eigenvalue weighted by Crippen LogP contribution is -2.58. The molecule has 3 saturated heterocycles. The average Bonchev–Trinajstić information content (AvgIpc) is 4.44. The standard InChI is InChI=1S/C61H74ClF3N10O7S/c1-37(40-15-19-44(63)20-16-40)48-36-83-59(70-48)49-12-11-27-75(49)61(81)55(71-57(78)38(2)67-4)41-25-28-72(29-26-41)51(76)13-9-7-5-6-8-10-14-52(77)73-30-32-74(33-31-73)60(80)42-17-21-45(22-18-42)69-58(79)43-34-50(56(66)68-35-43)82-39(3)53-47(64)24-23-46(62)54(53)65/h15-24,34-35,38-39,41,48-49,55,67H,1,5-14,25-33,36H2,2-4H3,(H2,66,68)(H,69,79)(H,71,78)/t38-,39-,48?,49-,55-/m1/s1. The first-order chi connectivity index (χ1) is 39.9. The summed E-state index contributed by atoms with van der Waals surface area (Å²) in [4.78, 5) is 97.2. The summed E-state index contributed by atoms with van der Waals surface area (Å²) >= 11 is 7.47. The summed E-state index contributed by atoms with van der Waals surface area (Å²) in [6, 6.07) is 14.5. The molecular formula is C61H74ClF3N10O7S. The van der Waals surface area contributed by atoms with Gasteiger partial charge in [0.2, 0.25) is 23.6 Å². The van der Waals surface area contributed by atoms with Crippen molar-refractivity contribution in [1.29, 1.82) is 0 Å². The second-order valence-electron chi connectivity index (χ2n) is 21.7. The van der Waals surface area contributed by atoms with Crippen molar-refractivity contribution in [1.82, 2.24) is 35.2 Å². The van der Waals surface area contributed by atoms with Crippen molar-refractivity contribution in [3.63, 3.8) is 0 Å². The molecule has 83 heavy (non-hydrogen) atoms. The number of aliphatic imine (C=N–C) groups is 1. The van der Waals surface area contributed by atoms with E-state index in [0.29, 0.717) is 88.5 Å². The van der Waals surface area contributed by atoms with Gasteiger partial charge in [0, 0.05) is 81.9 Å². The smallest absolute Gasteiger partial charge is 0.257 e. The van der Waals surface area contributed by atoms with Crippen LogP contribution in [-0.4, -0.2) is 148 Å². The topological polar surface area (TPSA) is 212 Å². The predicted octanol–water partition coefficient (Wildman–Crippen LogP) is 9.08. The first-order valence-corrected chi connectivity index (χ1v) is 30.0. The van der Waals surface area contributed by atoms with Gasteiger partial charge in [0.05, 0.1) is 39.3 Å². The number of rotatable bonds is 23. The molecule has 22 heteroatoms. The van der Waals surface area contributed by atoms with Crippen LogP contribution in [0.3, 0.4) is 0 Å². The third-order valence-corrected chi connectivity index (χ3v) is 17.6. The Kier molecular flexibility index (Phi) is 21.7. The first-order valence-electron chi connectivity index (χ1n) is 28.7. The van der Waals surface area contributed by atoms with E-state index in [1.54, 1.807) is 71.9 Å². The quantitative estimate of drug-likeness (QED) is 0.0406. The van der Waals surface area contributed by atoms with Crippen molar-refractivity contribution in [3.05, 3.63) is 124 Å². The molecule has 0 aliphatic carbocycles. The zero-order valence-electron chi connectivity index (χ0n) is 47.3. The molecule has 5 N–H and O–H groups in total. The summed E-state index contributed by atoms with van der Waals surface area (Å²) in [5.74, 6) is -2.73. The predicted molar refractivity (Wildman–Crippen MR) is 316 cm³/mol. The molecule has 17 nitrogen and oxygen atoms in total. The highest BCUT2D eigenvalue weighted by atomic mass is 35.5. The second kappa shape index (κ2) is 29.0. The number of likely N-dealkylation sites (N-methyl/N-ethyl adjacent to an activating group) is 1. The van der Waals surface area contributed by atoms with Gasteiger partial charge in [-0.2, -0.15) is 0 Å². The zero-order valence-corrected chi connectivity index (χ0v) is 48.9. The van der Waals surface area contributed by atoms with Crippen LogP contribution in [-0.2, 0) is 19.2 Å². The second-order valence-corrected chi connectivity index (χ2v) is 23.1. The molecule has 0 saturated carbocycles. The molecule has 5 atom stereocenters. The average molecular weight is 1180 g/mol. The molecule has 0 bridgehead atoms. The fourth-order valence-electron chi connectivity index (χ4n) is 11.0. The van der Waals surface area contributed by atoms with Gasteiger partial charge in [-0.15, -0.1) is 11.8 Å². The number of halogens is 4. The van der Waals surface area contributed by atoms with Gasteiger partial charge in [0.25, 0.3) is 11.8 Å². The van der Waals surface area contributed by atoms with Crippen LogP contribution in [0.4, 0.5) is 24.7 Å². The van der Waals surface area contributed by atoms with E-state index in [2.05, 4.69) is 27.5 Å². The largest absolute Gasteiger partial charge is 0.482 e. The van der Waals surface area contributed by atoms with E-state index in [1.807, 2.05) is 9.80 Å². The zero-order chi connectivity index (χ0) is 59.3. The van der Waals surface area contributed by atoms with Crippen molar-refractivity contribution >= 4 is 80.9 Å². The maximum atomic E-state index is 14.6. The number of carbonyl (C=O) groups excluding carboxylic acids is 6. The van der Waals surface area contributed by atoms with Gasteiger partial charge in [0.15, 0.2) is 17.4 Å². The van der Waals surface area contributed by atoms with Gasteiger partial charge in [-0.3, -0.25) is 33.8 Å². The summed E-state index contributed by atoms with van der Waals surface area (Å²) in [6.07, 6.45) is 8.93. The van der Waals surface area contributed by atoms with Crippen molar-refractivity contribution in [2.75, 3.05) is 69.7 Å².